The largest absolute Gasteiger partial charge is 0.250 e. The molecule has 0 atom stereocenters. The number of nitrogens with one attached hydrogen (secondary N) is 1. The van der Waals surface area contributed by atoms with E-state index in [2.05, 4.69) is 48.2 Å². The summed E-state index contributed by atoms with van der Waals surface area (Å²) < 4.78 is 2.04. The highest BCUT2D eigenvalue weighted by molar-refractivity contribution is 7.71. The topological polar surface area (TPSA) is 46.0 Å². The van der Waals surface area contributed by atoms with Crippen LogP contribution in [0.1, 0.15) is 22.3 Å². The number of hydrogen-bond acceptors (Lipinski definition) is 3. The molecular formula is C18H17ClN4S. The van der Waals surface area contributed by atoms with Gasteiger partial charge in [0.05, 0.1) is 6.21 Å². The van der Waals surface area contributed by atoms with E-state index in [-0.39, 0.29) is 0 Å². The van der Waals surface area contributed by atoms with Crippen LogP contribution in [0.15, 0.2) is 41.5 Å². The number of benzene rings is 2. The second kappa shape index (κ2) is 6.71. The summed E-state index contributed by atoms with van der Waals surface area (Å²) in [5, 5.41) is 12.2. The molecule has 122 valence electrons. The van der Waals surface area contributed by atoms with E-state index in [0.29, 0.717) is 15.6 Å². The molecule has 0 spiro atoms. The van der Waals surface area contributed by atoms with Gasteiger partial charge in [0.2, 0.25) is 4.77 Å². The summed E-state index contributed by atoms with van der Waals surface area (Å²) in [5.74, 6) is 0.626. The smallest absolute Gasteiger partial charge is 0.216 e. The molecule has 0 saturated heterocycles. The van der Waals surface area contributed by atoms with Crippen molar-refractivity contribution in [2.45, 2.75) is 20.8 Å². The van der Waals surface area contributed by atoms with Crippen LogP contribution in [0.3, 0.4) is 0 Å². The molecule has 1 aromatic heterocycles. The van der Waals surface area contributed by atoms with Crippen molar-refractivity contribution < 1.29 is 0 Å². The van der Waals surface area contributed by atoms with E-state index in [4.69, 9.17) is 23.8 Å². The van der Waals surface area contributed by atoms with Crippen LogP contribution in [0, 0.1) is 25.5 Å². The molecule has 0 aliphatic rings. The fraction of sp³-hybridized carbons (Fsp3) is 0.167. The van der Waals surface area contributed by atoms with Crippen LogP contribution < -0.4 is 0 Å². The van der Waals surface area contributed by atoms with Gasteiger partial charge in [0, 0.05) is 16.1 Å². The van der Waals surface area contributed by atoms with Crippen molar-refractivity contribution in [3.8, 4) is 11.4 Å². The third kappa shape index (κ3) is 3.32. The van der Waals surface area contributed by atoms with E-state index >= 15 is 0 Å². The second-order valence-electron chi connectivity index (χ2n) is 5.73. The molecule has 6 heteroatoms. The zero-order chi connectivity index (χ0) is 17.3. The van der Waals surface area contributed by atoms with Crippen molar-refractivity contribution in [1.29, 1.82) is 0 Å². The molecule has 0 aliphatic heterocycles. The quantitative estimate of drug-likeness (QED) is 0.526. The van der Waals surface area contributed by atoms with Gasteiger partial charge in [-0.25, -0.2) is 5.10 Å². The van der Waals surface area contributed by atoms with Crippen molar-refractivity contribution >= 4 is 30.0 Å². The highest BCUT2D eigenvalue weighted by Crippen LogP contribution is 2.21. The number of hydrogen-bond donors (Lipinski definition) is 1. The molecule has 0 saturated carbocycles. The molecular weight excluding hydrogens is 340 g/mol. The van der Waals surface area contributed by atoms with Gasteiger partial charge in [-0.05, 0) is 56.2 Å². The number of aromatic amines is 1. The maximum absolute atomic E-state index is 6.07. The van der Waals surface area contributed by atoms with E-state index in [1.165, 1.54) is 16.7 Å². The zero-order valence-corrected chi connectivity index (χ0v) is 15.2. The van der Waals surface area contributed by atoms with Crippen molar-refractivity contribution in [2.24, 2.45) is 5.10 Å². The number of rotatable bonds is 3. The molecule has 24 heavy (non-hydrogen) atoms. The van der Waals surface area contributed by atoms with Gasteiger partial charge in [0.1, 0.15) is 0 Å². The standard InChI is InChI=1S/C18H17ClN4S/c1-11-7-12(2)16(13(3)8-11)10-20-23-17(21-22-18(23)24)14-5-4-6-15(19)9-14/h4-10H,1-3H3,(H,22,24)/b20-10-. The molecule has 1 heterocycles. The number of H-pyrrole nitrogens is 1. The highest BCUT2D eigenvalue weighted by atomic mass is 35.5. The monoisotopic (exact) mass is 356 g/mol. The van der Waals surface area contributed by atoms with Crippen molar-refractivity contribution in [1.82, 2.24) is 14.9 Å². The van der Waals surface area contributed by atoms with Gasteiger partial charge in [-0.1, -0.05) is 41.4 Å². The number of aryl methyl sites for hydroxylation is 3. The number of nitrogens with zero attached hydrogens (tertiary/aromatic N) is 3. The third-order valence-corrected chi connectivity index (χ3v) is 4.27. The minimum absolute atomic E-state index is 0.434. The molecule has 0 radical (unpaired) electrons. The van der Waals surface area contributed by atoms with Crippen LogP contribution in [0.4, 0.5) is 0 Å². The average Bonchev–Trinajstić information content (AvgIpc) is 2.87. The molecule has 0 amide bonds. The Morgan fingerprint density at radius 2 is 1.88 bits per heavy atom. The van der Waals surface area contributed by atoms with Crippen molar-refractivity contribution in [3.05, 3.63) is 68.4 Å². The van der Waals surface area contributed by atoms with E-state index < -0.39 is 0 Å². The average molecular weight is 357 g/mol. The van der Waals surface area contributed by atoms with Crippen molar-refractivity contribution in [2.75, 3.05) is 0 Å². The maximum Gasteiger partial charge on any atom is 0.216 e. The Kier molecular flexibility index (Phi) is 4.64. The first-order valence-electron chi connectivity index (χ1n) is 7.51. The first kappa shape index (κ1) is 16.6. The van der Waals surface area contributed by atoms with Crippen LogP contribution in [0.5, 0.6) is 0 Å². The summed E-state index contributed by atoms with van der Waals surface area (Å²) >= 11 is 11.4. The van der Waals surface area contributed by atoms with Gasteiger partial charge in [0.25, 0.3) is 0 Å². The first-order valence-corrected chi connectivity index (χ1v) is 8.30. The molecule has 0 bridgehead atoms. The summed E-state index contributed by atoms with van der Waals surface area (Å²) in [4.78, 5) is 0. The minimum Gasteiger partial charge on any atom is -0.250 e. The van der Waals surface area contributed by atoms with Crippen LogP contribution in [-0.4, -0.2) is 21.1 Å². The Bertz CT molecular complexity index is 962. The Labute approximate surface area is 150 Å². The van der Waals surface area contributed by atoms with E-state index in [0.717, 1.165) is 11.1 Å². The normalized spacial score (nSPS) is 11.3. The molecule has 3 rings (SSSR count). The zero-order valence-electron chi connectivity index (χ0n) is 13.7. The molecule has 1 N–H and O–H groups in total. The molecule has 3 aromatic rings. The Balaban J connectivity index is 2.06. The second-order valence-corrected chi connectivity index (χ2v) is 6.55. The van der Waals surface area contributed by atoms with Crippen LogP contribution in [0.2, 0.25) is 5.02 Å². The summed E-state index contributed by atoms with van der Waals surface area (Å²) in [6.45, 7) is 6.24. The highest BCUT2D eigenvalue weighted by Gasteiger charge is 2.09. The fourth-order valence-corrected chi connectivity index (χ4v) is 3.09. The van der Waals surface area contributed by atoms with Gasteiger partial charge >= 0.3 is 0 Å². The van der Waals surface area contributed by atoms with Gasteiger partial charge in [-0.2, -0.15) is 14.9 Å². The third-order valence-electron chi connectivity index (χ3n) is 3.77. The van der Waals surface area contributed by atoms with Gasteiger partial charge in [-0.3, -0.25) is 0 Å². The lowest BCUT2D eigenvalue weighted by Crippen LogP contribution is -1.98. The summed E-state index contributed by atoms with van der Waals surface area (Å²) in [6.07, 6.45) is 1.82. The summed E-state index contributed by atoms with van der Waals surface area (Å²) in [6, 6.07) is 11.7. The number of halogens is 1. The Morgan fingerprint density at radius 1 is 1.17 bits per heavy atom. The van der Waals surface area contributed by atoms with Crippen LogP contribution >= 0.6 is 23.8 Å². The van der Waals surface area contributed by atoms with Crippen LogP contribution in [0.25, 0.3) is 11.4 Å². The van der Waals surface area contributed by atoms with Crippen LogP contribution in [-0.2, 0) is 0 Å². The maximum atomic E-state index is 6.07. The Hall–Kier alpha value is -2.24. The lowest BCUT2D eigenvalue weighted by atomic mass is 10.0. The Morgan fingerprint density at radius 3 is 2.54 bits per heavy atom. The molecule has 4 nitrogen and oxygen atoms in total. The summed E-state index contributed by atoms with van der Waals surface area (Å²) in [7, 11) is 0. The predicted molar refractivity (Wildman–Crippen MR) is 102 cm³/mol. The SMILES string of the molecule is Cc1cc(C)c(/C=N\n2c(-c3cccc(Cl)c3)n[nH]c2=S)c(C)c1. The lowest BCUT2D eigenvalue weighted by molar-refractivity contribution is 0.871. The fourth-order valence-electron chi connectivity index (χ4n) is 2.72. The summed E-state index contributed by atoms with van der Waals surface area (Å²) in [5.41, 5.74) is 5.53. The molecule has 0 aliphatic carbocycles. The predicted octanol–water partition coefficient (Wildman–Crippen LogP) is 5.07. The minimum atomic E-state index is 0.434. The number of aromatic nitrogens is 3. The molecule has 0 fully saturated rings. The van der Waals surface area contributed by atoms with Crippen molar-refractivity contribution in [3.63, 3.8) is 0 Å². The van der Waals surface area contributed by atoms with Gasteiger partial charge in [0.15, 0.2) is 5.82 Å². The molecule has 0 unspecified atom stereocenters. The first-order chi connectivity index (χ1) is 11.5. The van der Waals surface area contributed by atoms with Gasteiger partial charge in [-0.15, -0.1) is 0 Å². The van der Waals surface area contributed by atoms with E-state index in [9.17, 15) is 0 Å². The van der Waals surface area contributed by atoms with Gasteiger partial charge < -0.3 is 0 Å². The lowest BCUT2D eigenvalue weighted by Gasteiger charge is -2.07. The van der Waals surface area contributed by atoms with E-state index in [1.807, 2.05) is 30.5 Å². The molecule has 2 aromatic carbocycles. The van der Waals surface area contributed by atoms with E-state index in [1.54, 1.807) is 4.68 Å².